The van der Waals surface area contributed by atoms with Gasteiger partial charge < -0.3 is 9.73 Å². The molecule has 0 amide bonds. The van der Waals surface area contributed by atoms with Crippen molar-refractivity contribution < 1.29 is 4.42 Å². The van der Waals surface area contributed by atoms with E-state index in [0.29, 0.717) is 6.04 Å². The molecule has 0 aliphatic heterocycles. The Bertz CT molecular complexity index is 488. The van der Waals surface area contributed by atoms with Crippen LogP contribution >= 0.6 is 15.9 Å². The average Bonchev–Trinajstić information content (AvgIpc) is 2.80. The Labute approximate surface area is 117 Å². The van der Waals surface area contributed by atoms with Crippen LogP contribution in [0.1, 0.15) is 44.1 Å². The van der Waals surface area contributed by atoms with Gasteiger partial charge in [-0.2, -0.15) is 0 Å². The summed E-state index contributed by atoms with van der Waals surface area (Å²) >= 11 is 3.59. The minimum absolute atomic E-state index is 0.318. The van der Waals surface area contributed by atoms with E-state index in [4.69, 9.17) is 4.42 Å². The van der Waals surface area contributed by atoms with Crippen molar-refractivity contribution in [2.45, 2.75) is 39.7 Å². The molecule has 3 heteroatoms. The van der Waals surface area contributed by atoms with E-state index in [1.54, 1.807) is 0 Å². The first-order chi connectivity index (χ1) is 8.67. The Morgan fingerprint density at radius 3 is 2.72 bits per heavy atom. The van der Waals surface area contributed by atoms with E-state index < -0.39 is 0 Å². The lowest BCUT2D eigenvalue weighted by atomic mass is 10.1. The highest BCUT2D eigenvalue weighted by atomic mass is 79.9. The SMILES string of the molecule is CCCC(NCC)c1cc2c(Br)ccc(C)c2o1. The zero-order valence-corrected chi connectivity index (χ0v) is 12.8. The van der Waals surface area contributed by atoms with Gasteiger partial charge >= 0.3 is 0 Å². The summed E-state index contributed by atoms with van der Waals surface area (Å²) in [6.45, 7) is 7.38. The molecule has 2 nitrogen and oxygen atoms in total. The molecule has 1 N–H and O–H groups in total. The van der Waals surface area contributed by atoms with Gasteiger partial charge in [-0.3, -0.25) is 0 Å². The van der Waals surface area contributed by atoms with Crippen LogP contribution in [-0.4, -0.2) is 6.54 Å². The molecule has 0 aliphatic carbocycles. The third-order valence-electron chi connectivity index (χ3n) is 3.22. The molecule has 1 heterocycles. The van der Waals surface area contributed by atoms with Crippen LogP contribution < -0.4 is 5.32 Å². The van der Waals surface area contributed by atoms with Crippen LogP contribution in [0, 0.1) is 6.92 Å². The molecule has 2 rings (SSSR count). The van der Waals surface area contributed by atoms with E-state index in [2.05, 4.69) is 60.2 Å². The van der Waals surface area contributed by atoms with E-state index in [-0.39, 0.29) is 0 Å². The van der Waals surface area contributed by atoms with Gasteiger partial charge in [0.1, 0.15) is 11.3 Å². The van der Waals surface area contributed by atoms with Gasteiger partial charge in [0.25, 0.3) is 0 Å². The fraction of sp³-hybridized carbons (Fsp3) is 0.467. The van der Waals surface area contributed by atoms with E-state index in [9.17, 15) is 0 Å². The fourth-order valence-electron chi connectivity index (χ4n) is 2.30. The second-order valence-electron chi connectivity index (χ2n) is 4.65. The molecule has 1 aromatic carbocycles. The van der Waals surface area contributed by atoms with E-state index in [0.717, 1.165) is 35.2 Å². The van der Waals surface area contributed by atoms with Crippen molar-refractivity contribution in [1.29, 1.82) is 0 Å². The first kappa shape index (κ1) is 13.6. The maximum absolute atomic E-state index is 6.05. The summed E-state index contributed by atoms with van der Waals surface area (Å²) in [5.41, 5.74) is 2.18. The highest BCUT2D eigenvalue weighted by Crippen LogP contribution is 2.33. The normalized spacial score (nSPS) is 13.1. The zero-order valence-electron chi connectivity index (χ0n) is 11.2. The predicted octanol–water partition coefficient (Wildman–Crippen LogP) is 4.95. The number of nitrogens with one attached hydrogen (secondary N) is 1. The Balaban J connectivity index is 2.44. The van der Waals surface area contributed by atoms with E-state index in [1.807, 2.05) is 0 Å². The van der Waals surface area contributed by atoms with E-state index in [1.165, 1.54) is 10.9 Å². The Morgan fingerprint density at radius 2 is 2.11 bits per heavy atom. The molecule has 98 valence electrons. The number of aryl methyl sites for hydroxylation is 1. The third-order valence-corrected chi connectivity index (χ3v) is 3.91. The standard InChI is InChI=1S/C15H20BrNO/c1-4-6-13(17-5-2)14-9-11-12(16)8-7-10(3)15(11)18-14/h7-9,13,17H,4-6H2,1-3H3. The predicted molar refractivity (Wildman–Crippen MR) is 80.0 cm³/mol. The summed E-state index contributed by atoms with van der Waals surface area (Å²) in [6, 6.07) is 6.65. The van der Waals surface area contributed by atoms with Gasteiger partial charge in [0.15, 0.2) is 0 Å². The van der Waals surface area contributed by atoms with E-state index >= 15 is 0 Å². The minimum atomic E-state index is 0.318. The topological polar surface area (TPSA) is 25.2 Å². The van der Waals surface area contributed by atoms with Crippen LogP contribution in [0.3, 0.4) is 0 Å². The lowest BCUT2D eigenvalue weighted by Gasteiger charge is -2.13. The van der Waals surface area contributed by atoms with Crippen molar-refractivity contribution in [1.82, 2.24) is 5.32 Å². The number of halogens is 1. The smallest absolute Gasteiger partial charge is 0.138 e. The highest BCUT2D eigenvalue weighted by Gasteiger charge is 2.16. The molecule has 0 bridgehead atoms. The summed E-state index contributed by atoms with van der Waals surface area (Å²) in [5, 5.41) is 4.66. The van der Waals surface area contributed by atoms with Crippen molar-refractivity contribution in [2.24, 2.45) is 0 Å². The van der Waals surface area contributed by atoms with Crippen LogP contribution in [0.25, 0.3) is 11.0 Å². The number of hydrogen-bond acceptors (Lipinski definition) is 2. The Hall–Kier alpha value is -0.800. The van der Waals surface area contributed by atoms with Gasteiger partial charge in [0.2, 0.25) is 0 Å². The molecular weight excluding hydrogens is 290 g/mol. The molecule has 1 unspecified atom stereocenters. The van der Waals surface area contributed by atoms with Gasteiger partial charge in [-0.05, 0) is 37.6 Å². The first-order valence-corrected chi connectivity index (χ1v) is 7.38. The molecule has 0 saturated carbocycles. The van der Waals surface area contributed by atoms with Gasteiger partial charge in [-0.1, -0.05) is 42.3 Å². The Morgan fingerprint density at radius 1 is 1.33 bits per heavy atom. The van der Waals surface area contributed by atoms with Crippen molar-refractivity contribution in [3.8, 4) is 0 Å². The number of furan rings is 1. The van der Waals surface area contributed by atoms with Crippen LogP contribution in [0.15, 0.2) is 27.1 Å². The maximum Gasteiger partial charge on any atom is 0.138 e. The molecule has 18 heavy (non-hydrogen) atoms. The quantitative estimate of drug-likeness (QED) is 0.845. The molecule has 1 aromatic heterocycles. The van der Waals surface area contributed by atoms with Gasteiger partial charge in [0, 0.05) is 9.86 Å². The average molecular weight is 310 g/mol. The second kappa shape index (κ2) is 5.89. The molecule has 0 aliphatic rings. The lowest BCUT2D eigenvalue weighted by Crippen LogP contribution is -2.20. The molecule has 2 aromatic rings. The van der Waals surface area contributed by atoms with Crippen molar-refractivity contribution in [2.75, 3.05) is 6.54 Å². The first-order valence-electron chi connectivity index (χ1n) is 6.59. The molecule has 0 fully saturated rings. The fourth-order valence-corrected chi connectivity index (χ4v) is 2.72. The number of rotatable bonds is 5. The van der Waals surface area contributed by atoms with Crippen molar-refractivity contribution in [3.05, 3.63) is 34.0 Å². The molecule has 0 spiro atoms. The molecular formula is C15H20BrNO. The Kier molecular flexibility index (Phi) is 4.46. The molecule has 1 atom stereocenters. The third kappa shape index (κ3) is 2.62. The summed E-state index contributed by atoms with van der Waals surface area (Å²) in [5.74, 6) is 1.05. The summed E-state index contributed by atoms with van der Waals surface area (Å²) < 4.78 is 7.16. The monoisotopic (exact) mass is 309 g/mol. The highest BCUT2D eigenvalue weighted by molar-refractivity contribution is 9.10. The zero-order chi connectivity index (χ0) is 13.1. The van der Waals surface area contributed by atoms with Crippen LogP contribution in [0.5, 0.6) is 0 Å². The second-order valence-corrected chi connectivity index (χ2v) is 5.51. The van der Waals surface area contributed by atoms with Crippen LogP contribution in [0.4, 0.5) is 0 Å². The lowest BCUT2D eigenvalue weighted by molar-refractivity contribution is 0.414. The summed E-state index contributed by atoms with van der Waals surface area (Å²) in [7, 11) is 0. The summed E-state index contributed by atoms with van der Waals surface area (Å²) in [6.07, 6.45) is 2.25. The van der Waals surface area contributed by atoms with Crippen LogP contribution in [0.2, 0.25) is 0 Å². The van der Waals surface area contributed by atoms with Gasteiger partial charge in [-0.25, -0.2) is 0 Å². The molecule has 0 saturated heterocycles. The largest absolute Gasteiger partial charge is 0.459 e. The van der Waals surface area contributed by atoms with Crippen molar-refractivity contribution in [3.63, 3.8) is 0 Å². The summed E-state index contributed by atoms with van der Waals surface area (Å²) in [4.78, 5) is 0. The van der Waals surface area contributed by atoms with Crippen LogP contribution in [-0.2, 0) is 0 Å². The number of fused-ring (bicyclic) bond motifs is 1. The van der Waals surface area contributed by atoms with Gasteiger partial charge in [-0.15, -0.1) is 0 Å². The van der Waals surface area contributed by atoms with Crippen molar-refractivity contribution >= 4 is 26.9 Å². The number of hydrogen-bond donors (Lipinski definition) is 1. The maximum atomic E-state index is 6.05. The number of benzene rings is 1. The van der Waals surface area contributed by atoms with Gasteiger partial charge in [0.05, 0.1) is 6.04 Å². The molecule has 0 radical (unpaired) electrons. The minimum Gasteiger partial charge on any atom is -0.459 e.